The van der Waals surface area contributed by atoms with Crippen molar-refractivity contribution in [2.24, 2.45) is 0 Å². The molecule has 0 unspecified atom stereocenters. The normalized spacial score (nSPS) is 10.1. The standard InChI is InChI=1S/C14H13O2/c1-11-4-2-5-12(8-11)10-16-14-7-3-6-13(15)9-14/h2-7,9,15H,10H2,1H3. The average Bonchev–Trinajstić information content (AvgIpc) is 2.27. The topological polar surface area (TPSA) is 29.5 Å². The maximum atomic E-state index is 9.27. The summed E-state index contributed by atoms with van der Waals surface area (Å²) < 4.78 is 5.54. The van der Waals surface area contributed by atoms with Gasteiger partial charge in [-0.2, -0.15) is 0 Å². The van der Waals surface area contributed by atoms with Gasteiger partial charge in [-0.15, -0.1) is 0 Å². The Morgan fingerprint density at radius 2 is 2.00 bits per heavy atom. The van der Waals surface area contributed by atoms with Crippen LogP contribution in [-0.2, 0) is 6.61 Å². The number of hydrogen-bond donors (Lipinski definition) is 1. The molecule has 1 radical (unpaired) electrons. The van der Waals surface area contributed by atoms with Crippen molar-refractivity contribution in [3.63, 3.8) is 0 Å². The molecule has 0 bridgehead atoms. The van der Waals surface area contributed by atoms with E-state index in [2.05, 4.69) is 6.07 Å². The minimum Gasteiger partial charge on any atom is -0.508 e. The van der Waals surface area contributed by atoms with Crippen molar-refractivity contribution in [2.45, 2.75) is 13.5 Å². The van der Waals surface area contributed by atoms with Crippen molar-refractivity contribution in [1.29, 1.82) is 0 Å². The molecule has 0 atom stereocenters. The average molecular weight is 213 g/mol. The zero-order valence-electron chi connectivity index (χ0n) is 9.10. The van der Waals surface area contributed by atoms with Crippen molar-refractivity contribution >= 4 is 0 Å². The zero-order valence-corrected chi connectivity index (χ0v) is 9.10. The predicted octanol–water partition coefficient (Wildman–Crippen LogP) is 3.08. The molecule has 2 heteroatoms. The molecule has 1 N–H and O–H groups in total. The summed E-state index contributed by atoms with van der Waals surface area (Å²) in [4.78, 5) is 0. The molecule has 2 rings (SSSR count). The van der Waals surface area contributed by atoms with Crippen molar-refractivity contribution < 1.29 is 9.84 Å². The molecule has 0 amide bonds. The van der Waals surface area contributed by atoms with Gasteiger partial charge in [0.25, 0.3) is 0 Å². The summed E-state index contributed by atoms with van der Waals surface area (Å²) in [6, 6.07) is 15.9. The van der Waals surface area contributed by atoms with E-state index in [1.807, 2.05) is 31.2 Å². The molecular formula is C14H13O2. The third-order valence-electron chi connectivity index (χ3n) is 2.21. The number of rotatable bonds is 3. The molecule has 2 nitrogen and oxygen atoms in total. The maximum absolute atomic E-state index is 9.27. The molecule has 0 aliphatic rings. The monoisotopic (exact) mass is 213 g/mol. The van der Waals surface area contributed by atoms with Gasteiger partial charge in [0.05, 0.1) is 0 Å². The quantitative estimate of drug-likeness (QED) is 0.849. The van der Waals surface area contributed by atoms with Gasteiger partial charge in [-0.05, 0) is 36.2 Å². The van der Waals surface area contributed by atoms with Crippen LogP contribution in [0.1, 0.15) is 11.1 Å². The van der Waals surface area contributed by atoms with Gasteiger partial charge in [0.15, 0.2) is 0 Å². The fourth-order valence-electron chi connectivity index (χ4n) is 1.46. The molecular weight excluding hydrogens is 200 g/mol. The first-order valence-corrected chi connectivity index (χ1v) is 5.14. The van der Waals surface area contributed by atoms with Gasteiger partial charge in [0, 0.05) is 6.07 Å². The number of phenolic OH excluding ortho intramolecular Hbond substituents is 1. The lowest BCUT2D eigenvalue weighted by molar-refractivity contribution is 0.304. The summed E-state index contributed by atoms with van der Waals surface area (Å²) in [7, 11) is 0. The van der Waals surface area contributed by atoms with Crippen LogP contribution in [0.4, 0.5) is 0 Å². The summed E-state index contributed by atoms with van der Waals surface area (Å²) in [5.74, 6) is 0.876. The second-order valence-corrected chi connectivity index (χ2v) is 3.65. The Labute approximate surface area is 95.1 Å². The third-order valence-corrected chi connectivity index (χ3v) is 2.21. The van der Waals surface area contributed by atoms with Crippen LogP contribution in [0.25, 0.3) is 0 Å². The van der Waals surface area contributed by atoms with E-state index in [1.54, 1.807) is 18.2 Å². The van der Waals surface area contributed by atoms with Gasteiger partial charge in [-0.1, -0.05) is 24.3 Å². The van der Waals surface area contributed by atoms with Crippen molar-refractivity contribution in [3.05, 3.63) is 59.7 Å². The second-order valence-electron chi connectivity index (χ2n) is 3.65. The van der Waals surface area contributed by atoms with Crippen LogP contribution < -0.4 is 4.74 Å². The lowest BCUT2D eigenvalue weighted by Gasteiger charge is -2.06. The highest BCUT2D eigenvalue weighted by Crippen LogP contribution is 2.18. The van der Waals surface area contributed by atoms with Crippen molar-refractivity contribution in [2.75, 3.05) is 0 Å². The summed E-state index contributed by atoms with van der Waals surface area (Å²) in [5, 5.41) is 9.27. The first-order chi connectivity index (χ1) is 7.74. The summed E-state index contributed by atoms with van der Waals surface area (Å²) in [5.41, 5.74) is 2.10. The van der Waals surface area contributed by atoms with Crippen molar-refractivity contribution in [3.8, 4) is 11.5 Å². The lowest BCUT2D eigenvalue weighted by Crippen LogP contribution is -1.95. The fraction of sp³-hybridized carbons (Fsp3) is 0.143. The predicted molar refractivity (Wildman–Crippen MR) is 62.5 cm³/mol. The second kappa shape index (κ2) is 4.71. The number of benzene rings is 2. The smallest absolute Gasteiger partial charge is 0.123 e. The highest BCUT2D eigenvalue weighted by atomic mass is 16.5. The van der Waals surface area contributed by atoms with Crippen LogP contribution in [0.15, 0.2) is 42.5 Å². The molecule has 0 saturated heterocycles. The molecule has 0 fully saturated rings. The Morgan fingerprint density at radius 3 is 2.75 bits per heavy atom. The third kappa shape index (κ3) is 2.76. The van der Waals surface area contributed by atoms with E-state index < -0.39 is 0 Å². The van der Waals surface area contributed by atoms with Crippen LogP contribution >= 0.6 is 0 Å². The number of aryl methyl sites for hydroxylation is 1. The van der Waals surface area contributed by atoms with E-state index in [-0.39, 0.29) is 5.75 Å². The highest BCUT2D eigenvalue weighted by molar-refractivity contribution is 5.32. The molecule has 0 aromatic heterocycles. The maximum Gasteiger partial charge on any atom is 0.123 e. The lowest BCUT2D eigenvalue weighted by atomic mass is 10.1. The minimum absolute atomic E-state index is 0.214. The van der Waals surface area contributed by atoms with Gasteiger partial charge in [0.2, 0.25) is 0 Å². The van der Waals surface area contributed by atoms with Crippen LogP contribution in [0.5, 0.6) is 11.5 Å². The highest BCUT2D eigenvalue weighted by Gasteiger charge is 1.97. The van der Waals surface area contributed by atoms with E-state index >= 15 is 0 Å². The van der Waals surface area contributed by atoms with Gasteiger partial charge >= 0.3 is 0 Å². The Kier molecular flexibility index (Phi) is 3.10. The molecule has 0 aliphatic carbocycles. The van der Waals surface area contributed by atoms with Gasteiger partial charge in [-0.3, -0.25) is 0 Å². The van der Waals surface area contributed by atoms with Crippen LogP contribution in [0, 0.1) is 13.0 Å². The number of aromatic hydroxyl groups is 1. The molecule has 0 heterocycles. The summed E-state index contributed by atoms with van der Waals surface area (Å²) in [6.45, 7) is 2.46. The molecule has 2 aromatic rings. The molecule has 0 saturated carbocycles. The molecule has 16 heavy (non-hydrogen) atoms. The van der Waals surface area contributed by atoms with E-state index in [4.69, 9.17) is 4.74 Å². The SMILES string of the molecule is Cc1[c]c(COc2cccc(O)c2)ccc1. The van der Waals surface area contributed by atoms with Crippen LogP contribution in [-0.4, -0.2) is 5.11 Å². The van der Waals surface area contributed by atoms with E-state index in [0.717, 1.165) is 11.1 Å². The Morgan fingerprint density at radius 1 is 1.19 bits per heavy atom. The van der Waals surface area contributed by atoms with E-state index in [0.29, 0.717) is 12.4 Å². The Hall–Kier alpha value is -1.96. The molecule has 81 valence electrons. The fourth-order valence-corrected chi connectivity index (χ4v) is 1.46. The minimum atomic E-state index is 0.214. The number of phenols is 1. The molecule has 0 spiro atoms. The summed E-state index contributed by atoms with van der Waals surface area (Å²) >= 11 is 0. The molecule has 2 aromatic carbocycles. The van der Waals surface area contributed by atoms with E-state index in [9.17, 15) is 5.11 Å². The van der Waals surface area contributed by atoms with Gasteiger partial charge < -0.3 is 9.84 Å². The zero-order chi connectivity index (χ0) is 11.4. The van der Waals surface area contributed by atoms with Gasteiger partial charge in [0.1, 0.15) is 18.1 Å². The largest absolute Gasteiger partial charge is 0.508 e. The van der Waals surface area contributed by atoms with Gasteiger partial charge in [-0.25, -0.2) is 0 Å². The first-order valence-electron chi connectivity index (χ1n) is 5.14. The van der Waals surface area contributed by atoms with Crippen LogP contribution in [0.2, 0.25) is 0 Å². The number of hydrogen-bond acceptors (Lipinski definition) is 2. The molecule has 0 aliphatic heterocycles. The summed E-state index contributed by atoms with van der Waals surface area (Å²) in [6.07, 6.45) is 0. The Bertz CT molecular complexity index is 432. The van der Waals surface area contributed by atoms with Crippen LogP contribution in [0.3, 0.4) is 0 Å². The Balaban J connectivity index is 2.02. The van der Waals surface area contributed by atoms with E-state index in [1.165, 1.54) is 0 Å². The van der Waals surface area contributed by atoms with Crippen molar-refractivity contribution in [1.82, 2.24) is 0 Å². The number of ether oxygens (including phenoxy) is 1. The first kappa shape index (κ1) is 10.6.